The number of carbonyl (C=O) groups excluding carboxylic acids is 1. The van der Waals surface area contributed by atoms with E-state index in [1.54, 1.807) is 26.0 Å². The third-order valence-corrected chi connectivity index (χ3v) is 4.51. The van der Waals surface area contributed by atoms with E-state index in [9.17, 15) is 13.2 Å². The van der Waals surface area contributed by atoms with Gasteiger partial charge in [-0.1, -0.05) is 0 Å². The molecule has 1 fully saturated rings. The minimum atomic E-state index is -3.75. The first kappa shape index (κ1) is 13.4. The van der Waals surface area contributed by atoms with Crippen molar-refractivity contribution in [2.45, 2.75) is 31.6 Å². The molecule has 1 aliphatic carbocycles. The molecule has 1 aliphatic rings. The van der Waals surface area contributed by atoms with Crippen LogP contribution in [0, 0.1) is 19.8 Å². The van der Waals surface area contributed by atoms with Crippen LogP contribution in [0.5, 0.6) is 0 Å². The summed E-state index contributed by atoms with van der Waals surface area (Å²) in [6.07, 6.45) is 1.86. The number of rotatable bonds is 3. The van der Waals surface area contributed by atoms with E-state index < -0.39 is 9.05 Å². The molecule has 2 rings (SSSR count). The highest BCUT2D eigenvalue weighted by atomic mass is 35.7. The number of hydrogen-bond donors (Lipinski definition) is 1. The number of aryl methyl sites for hydroxylation is 2. The molecule has 0 radical (unpaired) electrons. The van der Waals surface area contributed by atoms with Gasteiger partial charge < -0.3 is 5.32 Å². The van der Waals surface area contributed by atoms with E-state index in [1.165, 1.54) is 0 Å². The molecule has 0 saturated heterocycles. The minimum Gasteiger partial charge on any atom is -0.326 e. The van der Waals surface area contributed by atoms with Crippen LogP contribution in [0.4, 0.5) is 5.69 Å². The SMILES string of the molecule is Cc1cc(NC(=O)C2CC2)cc(C)c1S(=O)(=O)Cl. The lowest BCUT2D eigenvalue weighted by molar-refractivity contribution is -0.117. The van der Waals surface area contributed by atoms with Crippen molar-refractivity contribution in [3.63, 3.8) is 0 Å². The Balaban J connectivity index is 2.33. The quantitative estimate of drug-likeness (QED) is 0.869. The van der Waals surface area contributed by atoms with Crippen molar-refractivity contribution in [3.8, 4) is 0 Å². The van der Waals surface area contributed by atoms with Gasteiger partial charge in [-0.2, -0.15) is 0 Å². The van der Waals surface area contributed by atoms with Crippen LogP contribution in [0.1, 0.15) is 24.0 Å². The van der Waals surface area contributed by atoms with Crippen molar-refractivity contribution < 1.29 is 13.2 Å². The molecule has 0 aliphatic heterocycles. The van der Waals surface area contributed by atoms with Gasteiger partial charge in [-0.3, -0.25) is 4.79 Å². The van der Waals surface area contributed by atoms with Gasteiger partial charge in [-0.15, -0.1) is 0 Å². The van der Waals surface area contributed by atoms with Crippen molar-refractivity contribution >= 4 is 31.3 Å². The number of amides is 1. The molecule has 0 spiro atoms. The summed E-state index contributed by atoms with van der Waals surface area (Å²) in [5, 5.41) is 2.79. The maximum absolute atomic E-state index is 11.6. The molecule has 1 aromatic rings. The topological polar surface area (TPSA) is 63.2 Å². The molecule has 1 amide bonds. The molecule has 0 bridgehead atoms. The molecular weight excluding hydrogens is 274 g/mol. The lowest BCUT2D eigenvalue weighted by Crippen LogP contribution is -2.14. The monoisotopic (exact) mass is 287 g/mol. The standard InChI is InChI=1S/C12H14ClNO3S/c1-7-5-10(14-12(15)9-3-4-9)6-8(2)11(7)18(13,16)17/h5-6,9H,3-4H2,1-2H3,(H,14,15). The highest BCUT2D eigenvalue weighted by molar-refractivity contribution is 8.13. The van der Waals surface area contributed by atoms with Crippen molar-refractivity contribution in [1.29, 1.82) is 0 Å². The summed E-state index contributed by atoms with van der Waals surface area (Å²) in [6.45, 7) is 3.32. The van der Waals surface area contributed by atoms with E-state index in [2.05, 4.69) is 5.32 Å². The van der Waals surface area contributed by atoms with Crippen molar-refractivity contribution in [2.75, 3.05) is 5.32 Å². The zero-order valence-corrected chi connectivity index (χ0v) is 11.7. The Morgan fingerprint density at radius 3 is 2.17 bits per heavy atom. The van der Waals surface area contributed by atoms with Crippen molar-refractivity contribution in [2.24, 2.45) is 5.92 Å². The Morgan fingerprint density at radius 1 is 1.28 bits per heavy atom. The van der Waals surface area contributed by atoms with Gasteiger partial charge in [0.25, 0.3) is 9.05 Å². The van der Waals surface area contributed by atoms with Gasteiger partial charge in [0.1, 0.15) is 0 Å². The molecule has 6 heteroatoms. The van der Waals surface area contributed by atoms with Gasteiger partial charge >= 0.3 is 0 Å². The molecule has 4 nitrogen and oxygen atoms in total. The van der Waals surface area contributed by atoms with E-state index in [0.717, 1.165) is 12.8 Å². The van der Waals surface area contributed by atoms with Crippen LogP contribution >= 0.6 is 10.7 Å². The summed E-state index contributed by atoms with van der Waals surface area (Å²) in [7, 11) is 1.62. The van der Waals surface area contributed by atoms with Crippen LogP contribution in [0.15, 0.2) is 17.0 Å². The molecule has 1 saturated carbocycles. The molecule has 0 heterocycles. The van der Waals surface area contributed by atoms with Gasteiger partial charge in [-0.25, -0.2) is 8.42 Å². The first-order chi connectivity index (χ1) is 8.29. The number of halogens is 1. The largest absolute Gasteiger partial charge is 0.326 e. The molecule has 98 valence electrons. The normalized spacial score (nSPS) is 15.5. The summed E-state index contributed by atoms with van der Waals surface area (Å²) in [5.41, 5.74) is 1.69. The first-order valence-electron chi connectivity index (χ1n) is 5.66. The summed E-state index contributed by atoms with van der Waals surface area (Å²) in [5.74, 6) is 0.109. The van der Waals surface area contributed by atoms with E-state index in [0.29, 0.717) is 16.8 Å². The molecule has 0 unspecified atom stereocenters. The second kappa shape index (κ2) is 4.55. The first-order valence-corrected chi connectivity index (χ1v) is 7.97. The van der Waals surface area contributed by atoms with E-state index in [4.69, 9.17) is 10.7 Å². The second-order valence-corrected chi connectivity index (χ2v) is 7.14. The Hall–Kier alpha value is -1.07. The average Bonchev–Trinajstić information content (AvgIpc) is 2.95. The number of benzene rings is 1. The smallest absolute Gasteiger partial charge is 0.261 e. The Morgan fingerprint density at radius 2 is 1.78 bits per heavy atom. The van der Waals surface area contributed by atoms with Crippen LogP contribution < -0.4 is 5.32 Å². The van der Waals surface area contributed by atoms with Crippen molar-refractivity contribution in [3.05, 3.63) is 23.3 Å². The highest BCUT2D eigenvalue weighted by Crippen LogP contribution is 2.31. The van der Waals surface area contributed by atoms with Gasteiger partial charge in [0.15, 0.2) is 0 Å². The van der Waals surface area contributed by atoms with Gasteiger partial charge in [0.05, 0.1) is 4.90 Å². The minimum absolute atomic E-state index is 0.00437. The zero-order chi connectivity index (χ0) is 13.5. The van der Waals surface area contributed by atoms with Crippen LogP contribution in [-0.4, -0.2) is 14.3 Å². The Bertz CT molecular complexity index is 583. The molecular formula is C12H14ClNO3S. The predicted octanol–water partition coefficient (Wildman–Crippen LogP) is 2.58. The Kier molecular flexibility index (Phi) is 3.38. The van der Waals surface area contributed by atoms with Crippen LogP contribution in [-0.2, 0) is 13.8 Å². The summed E-state index contributed by atoms with van der Waals surface area (Å²) in [4.78, 5) is 11.7. The number of anilines is 1. The van der Waals surface area contributed by atoms with Crippen molar-refractivity contribution in [1.82, 2.24) is 0 Å². The molecule has 1 N–H and O–H groups in total. The third-order valence-electron chi connectivity index (χ3n) is 2.92. The maximum Gasteiger partial charge on any atom is 0.261 e. The van der Waals surface area contributed by atoms with Crippen LogP contribution in [0.25, 0.3) is 0 Å². The summed E-state index contributed by atoms with van der Waals surface area (Å²) < 4.78 is 22.8. The molecule has 18 heavy (non-hydrogen) atoms. The fraction of sp³-hybridized carbons (Fsp3) is 0.417. The predicted molar refractivity (Wildman–Crippen MR) is 70.3 cm³/mol. The summed E-state index contributed by atoms with van der Waals surface area (Å²) in [6, 6.07) is 3.26. The fourth-order valence-electron chi connectivity index (χ4n) is 2.00. The van der Waals surface area contributed by atoms with Gasteiger partial charge in [0.2, 0.25) is 5.91 Å². The lowest BCUT2D eigenvalue weighted by atomic mass is 10.1. The average molecular weight is 288 g/mol. The maximum atomic E-state index is 11.6. The summed E-state index contributed by atoms with van der Waals surface area (Å²) >= 11 is 0. The van der Waals surface area contributed by atoms with E-state index in [-0.39, 0.29) is 16.7 Å². The second-order valence-electron chi connectivity index (χ2n) is 4.64. The number of nitrogens with one attached hydrogen (secondary N) is 1. The fourth-order valence-corrected chi connectivity index (χ4v) is 3.61. The van der Waals surface area contributed by atoms with Crippen LogP contribution in [0.3, 0.4) is 0 Å². The zero-order valence-electron chi connectivity index (χ0n) is 10.2. The lowest BCUT2D eigenvalue weighted by Gasteiger charge is -2.11. The third kappa shape index (κ3) is 2.84. The number of hydrogen-bond acceptors (Lipinski definition) is 3. The number of carbonyl (C=O) groups is 1. The highest BCUT2D eigenvalue weighted by Gasteiger charge is 2.29. The van der Waals surface area contributed by atoms with Crippen LogP contribution in [0.2, 0.25) is 0 Å². The molecule has 0 aromatic heterocycles. The van der Waals surface area contributed by atoms with Gasteiger partial charge in [-0.05, 0) is 49.9 Å². The Labute approximate surface area is 111 Å². The van der Waals surface area contributed by atoms with E-state index >= 15 is 0 Å². The van der Waals surface area contributed by atoms with E-state index in [1.807, 2.05) is 0 Å². The van der Waals surface area contributed by atoms with Gasteiger partial charge in [0, 0.05) is 22.3 Å². The molecule has 0 atom stereocenters. The molecule has 1 aromatic carbocycles.